The van der Waals surface area contributed by atoms with Crippen molar-refractivity contribution >= 4 is 21.7 Å². The van der Waals surface area contributed by atoms with Gasteiger partial charge in [-0.3, -0.25) is 0 Å². The molecule has 7 heteroatoms. The summed E-state index contributed by atoms with van der Waals surface area (Å²) in [5, 5.41) is 2.90. The van der Waals surface area contributed by atoms with E-state index < -0.39 is 10.0 Å². The average Bonchev–Trinajstić information content (AvgIpc) is 2.47. The van der Waals surface area contributed by atoms with Gasteiger partial charge in [0.2, 0.25) is 10.0 Å². The molecule has 0 aromatic heterocycles. The third-order valence-corrected chi connectivity index (χ3v) is 4.94. The molecule has 0 atom stereocenters. The van der Waals surface area contributed by atoms with Crippen LogP contribution in [-0.4, -0.2) is 56.1 Å². The van der Waals surface area contributed by atoms with Crippen molar-refractivity contribution in [2.75, 3.05) is 37.8 Å². The normalized spacial score (nSPS) is 16.8. The Morgan fingerprint density at radius 2 is 1.81 bits per heavy atom. The number of nitrogens with zero attached hydrogens (tertiary/aromatic N) is 2. The van der Waals surface area contributed by atoms with E-state index in [9.17, 15) is 13.2 Å². The Hall–Kier alpha value is -1.60. The van der Waals surface area contributed by atoms with Gasteiger partial charge in [0.25, 0.3) is 0 Å². The van der Waals surface area contributed by atoms with Gasteiger partial charge in [0.15, 0.2) is 0 Å². The van der Waals surface area contributed by atoms with Crippen LogP contribution in [0.25, 0.3) is 0 Å². The predicted molar refractivity (Wildman–Crippen MR) is 82.8 cm³/mol. The molecular formula is C14H21N3O3S. The molecule has 2 rings (SSSR count). The highest BCUT2D eigenvalue weighted by molar-refractivity contribution is 7.88. The minimum atomic E-state index is -3.17. The van der Waals surface area contributed by atoms with E-state index in [2.05, 4.69) is 5.32 Å². The van der Waals surface area contributed by atoms with Gasteiger partial charge in [-0.15, -0.1) is 0 Å². The van der Waals surface area contributed by atoms with Crippen LogP contribution in [0.1, 0.15) is 12.5 Å². The number of amides is 2. The molecule has 2 amide bonds. The molecule has 1 N–H and O–H groups in total. The highest BCUT2D eigenvalue weighted by Gasteiger charge is 2.26. The zero-order chi connectivity index (χ0) is 15.5. The Labute approximate surface area is 125 Å². The van der Waals surface area contributed by atoms with Gasteiger partial charge in [0, 0.05) is 31.9 Å². The van der Waals surface area contributed by atoms with E-state index >= 15 is 0 Å². The predicted octanol–water partition coefficient (Wildman–Crippen LogP) is 1.36. The number of hydrogen-bond acceptors (Lipinski definition) is 3. The van der Waals surface area contributed by atoms with E-state index in [4.69, 9.17) is 0 Å². The fraction of sp³-hybridized carbons (Fsp3) is 0.500. The van der Waals surface area contributed by atoms with E-state index in [-0.39, 0.29) is 6.03 Å². The quantitative estimate of drug-likeness (QED) is 0.916. The number of urea groups is 1. The van der Waals surface area contributed by atoms with E-state index in [1.165, 1.54) is 10.6 Å². The summed E-state index contributed by atoms with van der Waals surface area (Å²) in [4.78, 5) is 13.9. The first kappa shape index (κ1) is 15.8. The number of rotatable bonds is 3. The topological polar surface area (TPSA) is 69.7 Å². The number of para-hydroxylation sites is 1. The summed E-state index contributed by atoms with van der Waals surface area (Å²) < 4.78 is 24.3. The molecule has 1 heterocycles. The number of hydrogen-bond donors (Lipinski definition) is 1. The van der Waals surface area contributed by atoms with Crippen LogP contribution in [0.3, 0.4) is 0 Å². The van der Waals surface area contributed by atoms with Crippen LogP contribution < -0.4 is 5.32 Å². The van der Waals surface area contributed by atoms with Crippen molar-refractivity contribution < 1.29 is 13.2 Å². The number of anilines is 1. The Morgan fingerprint density at radius 3 is 2.38 bits per heavy atom. The van der Waals surface area contributed by atoms with Crippen LogP contribution in [-0.2, 0) is 16.4 Å². The number of piperazine rings is 1. The molecule has 1 aromatic rings. The Morgan fingerprint density at radius 1 is 1.19 bits per heavy atom. The van der Waals surface area contributed by atoms with E-state index in [1.807, 2.05) is 31.2 Å². The van der Waals surface area contributed by atoms with E-state index in [1.54, 1.807) is 4.90 Å². The molecule has 21 heavy (non-hydrogen) atoms. The van der Waals surface area contributed by atoms with Crippen LogP contribution in [0, 0.1) is 0 Å². The highest BCUT2D eigenvalue weighted by atomic mass is 32.2. The second-order valence-electron chi connectivity index (χ2n) is 5.09. The third kappa shape index (κ3) is 3.95. The maximum absolute atomic E-state index is 12.2. The van der Waals surface area contributed by atoms with Gasteiger partial charge in [-0.05, 0) is 18.1 Å². The van der Waals surface area contributed by atoms with Gasteiger partial charge in [-0.25, -0.2) is 13.2 Å². The SMILES string of the molecule is CCc1ccccc1NC(=O)N1CCN(S(C)(=O)=O)CC1. The fourth-order valence-corrected chi connectivity index (χ4v) is 3.19. The van der Waals surface area contributed by atoms with Crippen LogP contribution in [0.15, 0.2) is 24.3 Å². The van der Waals surface area contributed by atoms with Crippen LogP contribution in [0.4, 0.5) is 10.5 Å². The van der Waals surface area contributed by atoms with Gasteiger partial charge in [-0.1, -0.05) is 25.1 Å². The molecule has 1 saturated heterocycles. The largest absolute Gasteiger partial charge is 0.322 e. The number of carbonyl (C=O) groups excluding carboxylic acids is 1. The summed E-state index contributed by atoms with van der Waals surface area (Å²) >= 11 is 0. The molecule has 1 aliphatic heterocycles. The second-order valence-corrected chi connectivity index (χ2v) is 7.07. The monoisotopic (exact) mass is 311 g/mol. The Kier molecular flexibility index (Phi) is 4.84. The summed E-state index contributed by atoms with van der Waals surface area (Å²) in [6.07, 6.45) is 2.04. The van der Waals surface area contributed by atoms with Crippen molar-refractivity contribution in [2.24, 2.45) is 0 Å². The zero-order valence-corrected chi connectivity index (χ0v) is 13.2. The summed E-state index contributed by atoms with van der Waals surface area (Å²) in [5.41, 5.74) is 1.90. The molecule has 6 nitrogen and oxygen atoms in total. The molecule has 1 fully saturated rings. The summed E-state index contributed by atoms with van der Waals surface area (Å²) in [6.45, 7) is 3.56. The Balaban J connectivity index is 1.97. The number of benzene rings is 1. The maximum atomic E-state index is 12.2. The first-order valence-electron chi connectivity index (χ1n) is 7.00. The van der Waals surface area contributed by atoms with Crippen LogP contribution >= 0.6 is 0 Å². The number of aryl methyl sites for hydroxylation is 1. The molecule has 0 radical (unpaired) electrons. The number of sulfonamides is 1. The lowest BCUT2D eigenvalue weighted by atomic mass is 10.1. The summed E-state index contributed by atoms with van der Waals surface area (Å²) in [6, 6.07) is 7.51. The molecule has 1 aromatic carbocycles. The molecule has 0 bridgehead atoms. The fourth-order valence-electron chi connectivity index (χ4n) is 2.37. The second kappa shape index (κ2) is 6.44. The smallest absolute Gasteiger partial charge is 0.321 e. The van der Waals surface area contributed by atoms with Gasteiger partial charge in [0.05, 0.1) is 6.26 Å². The Bertz CT molecular complexity index is 608. The first-order valence-corrected chi connectivity index (χ1v) is 8.85. The zero-order valence-electron chi connectivity index (χ0n) is 12.4. The first-order chi connectivity index (χ1) is 9.91. The molecule has 1 aliphatic rings. The molecular weight excluding hydrogens is 290 g/mol. The van der Waals surface area contributed by atoms with Gasteiger partial charge in [-0.2, -0.15) is 4.31 Å². The minimum Gasteiger partial charge on any atom is -0.322 e. The minimum absolute atomic E-state index is 0.177. The van der Waals surface area contributed by atoms with Crippen molar-refractivity contribution in [1.82, 2.24) is 9.21 Å². The standard InChI is InChI=1S/C14H21N3O3S/c1-3-12-6-4-5-7-13(12)15-14(18)16-8-10-17(11-9-16)21(2,19)20/h4-7H,3,8-11H2,1-2H3,(H,15,18). The van der Waals surface area contributed by atoms with Gasteiger partial charge in [0.1, 0.15) is 0 Å². The van der Waals surface area contributed by atoms with E-state index in [0.29, 0.717) is 26.2 Å². The summed E-state index contributed by atoms with van der Waals surface area (Å²) in [7, 11) is -3.17. The highest BCUT2D eigenvalue weighted by Crippen LogP contribution is 2.16. The molecule has 0 aliphatic carbocycles. The van der Waals surface area contributed by atoms with Crippen molar-refractivity contribution in [3.05, 3.63) is 29.8 Å². The molecule has 116 valence electrons. The van der Waals surface area contributed by atoms with Gasteiger partial charge < -0.3 is 10.2 Å². The van der Waals surface area contributed by atoms with Gasteiger partial charge >= 0.3 is 6.03 Å². The van der Waals surface area contributed by atoms with Crippen molar-refractivity contribution in [3.63, 3.8) is 0 Å². The lowest BCUT2D eigenvalue weighted by Gasteiger charge is -2.33. The van der Waals surface area contributed by atoms with Crippen LogP contribution in [0.2, 0.25) is 0 Å². The van der Waals surface area contributed by atoms with Crippen molar-refractivity contribution in [2.45, 2.75) is 13.3 Å². The molecule has 0 unspecified atom stereocenters. The number of carbonyl (C=O) groups is 1. The lowest BCUT2D eigenvalue weighted by molar-refractivity contribution is 0.184. The average molecular weight is 311 g/mol. The lowest BCUT2D eigenvalue weighted by Crippen LogP contribution is -2.51. The molecule has 0 saturated carbocycles. The van der Waals surface area contributed by atoms with E-state index in [0.717, 1.165) is 17.7 Å². The molecule has 0 spiro atoms. The maximum Gasteiger partial charge on any atom is 0.321 e. The van der Waals surface area contributed by atoms with Crippen LogP contribution in [0.5, 0.6) is 0 Å². The van der Waals surface area contributed by atoms with Crippen molar-refractivity contribution in [1.29, 1.82) is 0 Å². The third-order valence-electron chi connectivity index (χ3n) is 3.63. The van der Waals surface area contributed by atoms with Crippen molar-refractivity contribution in [3.8, 4) is 0 Å². The number of nitrogens with one attached hydrogen (secondary N) is 1. The summed E-state index contributed by atoms with van der Waals surface area (Å²) in [5.74, 6) is 0.